The summed E-state index contributed by atoms with van der Waals surface area (Å²) in [6, 6.07) is -0.336. The molecule has 0 atom stereocenters. The summed E-state index contributed by atoms with van der Waals surface area (Å²) in [7, 11) is 0. The number of aliphatic hydroxyl groups excluding tert-OH is 3. The molecule has 0 aromatic heterocycles. The van der Waals surface area contributed by atoms with E-state index in [2.05, 4.69) is 5.32 Å². The standard InChI is InChI=1S/C10H20N2O4/c13-6-10(7-14,8-15)11-9(16)12-4-2-1-3-5-12/h13-15H,1-8H2,(H,11,16). The first-order valence-corrected chi connectivity index (χ1v) is 5.57. The number of urea groups is 1. The van der Waals surface area contributed by atoms with Crippen LogP contribution >= 0.6 is 0 Å². The Kier molecular flexibility index (Phi) is 4.98. The van der Waals surface area contributed by atoms with Gasteiger partial charge in [0.05, 0.1) is 19.8 Å². The fourth-order valence-corrected chi connectivity index (χ4v) is 1.67. The quantitative estimate of drug-likeness (QED) is 0.495. The summed E-state index contributed by atoms with van der Waals surface area (Å²) in [6.45, 7) is -0.0901. The third-order valence-electron chi connectivity index (χ3n) is 2.92. The van der Waals surface area contributed by atoms with Crippen molar-refractivity contribution in [2.45, 2.75) is 24.8 Å². The first-order valence-electron chi connectivity index (χ1n) is 5.57. The fraction of sp³-hybridized carbons (Fsp3) is 0.900. The van der Waals surface area contributed by atoms with Crippen molar-refractivity contribution >= 4 is 6.03 Å². The molecular weight excluding hydrogens is 212 g/mol. The summed E-state index contributed by atoms with van der Waals surface area (Å²) in [5.41, 5.74) is -1.32. The van der Waals surface area contributed by atoms with E-state index < -0.39 is 25.4 Å². The summed E-state index contributed by atoms with van der Waals surface area (Å²) in [4.78, 5) is 13.4. The van der Waals surface area contributed by atoms with Crippen LogP contribution in [-0.2, 0) is 0 Å². The molecule has 2 amide bonds. The number of hydrogen-bond donors (Lipinski definition) is 4. The third-order valence-corrected chi connectivity index (χ3v) is 2.92. The number of carbonyl (C=O) groups excluding carboxylic acids is 1. The molecule has 6 heteroatoms. The van der Waals surface area contributed by atoms with Gasteiger partial charge >= 0.3 is 6.03 Å². The lowest BCUT2D eigenvalue weighted by Crippen LogP contribution is -2.60. The number of hydrogen-bond acceptors (Lipinski definition) is 4. The van der Waals surface area contributed by atoms with E-state index >= 15 is 0 Å². The highest BCUT2D eigenvalue weighted by Gasteiger charge is 2.31. The number of nitrogens with zero attached hydrogens (tertiary/aromatic N) is 1. The van der Waals surface area contributed by atoms with Crippen LogP contribution in [0.4, 0.5) is 4.79 Å². The number of aliphatic hydroxyl groups is 3. The molecule has 16 heavy (non-hydrogen) atoms. The van der Waals surface area contributed by atoms with Crippen molar-refractivity contribution in [3.63, 3.8) is 0 Å². The van der Waals surface area contributed by atoms with Gasteiger partial charge in [0.15, 0.2) is 0 Å². The van der Waals surface area contributed by atoms with Gasteiger partial charge in [-0.05, 0) is 19.3 Å². The Morgan fingerprint density at radius 1 is 1.06 bits per heavy atom. The Labute approximate surface area is 94.9 Å². The second-order valence-electron chi connectivity index (χ2n) is 4.23. The van der Waals surface area contributed by atoms with Crippen molar-refractivity contribution in [2.75, 3.05) is 32.9 Å². The van der Waals surface area contributed by atoms with Crippen molar-refractivity contribution in [1.82, 2.24) is 10.2 Å². The smallest absolute Gasteiger partial charge is 0.318 e. The lowest BCUT2D eigenvalue weighted by atomic mass is 10.0. The minimum absolute atomic E-state index is 0.336. The average Bonchev–Trinajstić information content (AvgIpc) is 2.37. The van der Waals surface area contributed by atoms with Gasteiger partial charge in [-0.25, -0.2) is 4.79 Å². The van der Waals surface area contributed by atoms with Gasteiger partial charge in [-0.15, -0.1) is 0 Å². The molecule has 1 fully saturated rings. The van der Waals surface area contributed by atoms with E-state index in [0.29, 0.717) is 13.1 Å². The van der Waals surface area contributed by atoms with E-state index in [4.69, 9.17) is 15.3 Å². The highest BCUT2D eigenvalue weighted by molar-refractivity contribution is 5.75. The topological polar surface area (TPSA) is 93.0 Å². The molecule has 0 aliphatic carbocycles. The van der Waals surface area contributed by atoms with Crippen LogP contribution in [0.3, 0.4) is 0 Å². The Balaban J connectivity index is 2.53. The molecule has 1 rings (SSSR count). The second-order valence-corrected chi connectivity index (χ2v) is 4.23. The maximum absolute atomic E-state index is 11.8. The molecule has 0 unspecified atom stereocenters. The van der Waals surface area contributed by atoms with Gasteiger partial charge in [0.2, 0.25) is 0 Å². The molecule has 1 heterocycles. The molecule has 6 nitrogen and oxygen atoms in total. The number of carbonyl (C=O) groups is 1. The summed E-state index contributed by atoms with van der Waals surface area (Å²) in [6.07, 6.45) is 3.06. The van der Waals surface area contributed by atoms with E-state index in [1.165, 1.54) is 0 Å². The molecule has 4 N–H and O–H groups in total. The summed E-state index contributed by atoms with van der Waals surface area (Å²) in [5.74, 6) is 0. The number of nitrogens with one attached hydrogen (secondary N) is 1. The molecule has 1 saturated heterocycles. The molecule has 0 saturated carbocycles. The van der Waals surface area contributed by atoms with E-state index in [0.717, 1.165) is 19.3 Å². The highest BCUT2D eigenvalue weighted by Crippen LogP contribution is 2.10. The van der Waals surface area contributed by atoms with Crippen LogP contribution in [-0.4, -0.2) is 64.7 Å². The van der Waals surface area contributed by atoms with Gasteiger partial charge in [-0.3, -0.25) is 0 Å². The van der Waals surface area contributed by atoms with Crippen LogP contribution in [0.2, 0.25) is 0 Å². The molecule has 0 bridgehead atoms. The fourth-order valence-electron chi connectivity index (χ4n) is 1.67. The second kappa shape index (κ2) is 6.03. The van der Waals surface area contributed by atoms with E-state index in [1.807, 2.05) is 0 Å². The zero-order valence-electron chi connectivity index (χ0n) is 9.35. The van der Waals surface area contributed by atoms with Crippen LogP contribution in [0, 0.1) is 0 Å². The molecule has 0 spiro atoms. The van der Waals surface area contributed by atoms with Gasteiger partial charge in [0, 0.05) is 13.1 Å². The molecule has 1 aliphatic rings. The minimum Gasteiger partial charge on any atom is -0.394 e. The number of likely N-dealkylation sites (tertiary alicyclic amines) is 1. The van der Waals surface area contributed by atoms with E-state index in [1.54, 1.807) is 4.90 Å². The molecule has 1 aliphatic heterocycles. The predicted molar refractivity (Wildman–Crippen MR) is 57.9 cm³/mol. The normalized spacial score (nSPS) is 17.3. The van der Waals surface area contributed by atoms with E-state index in [9.17, 15) is 4.79 Å². The van der Waals surface area contributed by atoms with Crippen LogP contribution in [0.1, 0.15) is 19.3 Å². The highest BCUT2D eigenvalue weighted by atomic mass is 16.3. The van der Waals surface area contributed by atoms with Crippen molar-refractivity contribution in [1.29, 1.82) is 0 Å². The SMILES string of the molecule is O=C(NC(CO)(CO)CO)N1CCCCC1. The molecule has 0 aromatic carbocycles. The zero-order valence-corrected chi connectivity index (χ0v) is 9.35. The lowest BCUT2D eigenvalue weighted by Gasteiger charge is -2.34. The minimum atomic E-state index is -1.32. The summed E-state index contributed by atoms with van der Waals surface area (Å²) < 4.78 is 0. The van der Waals surface area contributed by atoms with Gasteiger partial charge in [-0.2, -0.15) is 0 Å². The Bertz CT molecular complexity index is 217. The van der Waals surface area contributed by atoms with Gasteiger partial charge in [0.1, 0.15) is 5.54 Å². The molecule has 94 valence electrons. The van der Waals surface area contributed by atoms with Gasteiger partial charge < -0.3 is 25.5 Å². The zero-order chi connectivity index (χ0) is 12.0. The van der Waals surface area contributed by atoms with Crippen LogP contribution in [0.5, 0.6) is 0 Å². The van der Waals surface area contributed by atoms with E-state index in [-0.39, 0.29) is 6.03 Å². The first-order chi connectivity index (χ1) is 7.67. The maximum atomic E-state index is 11.8. The molecule has 0 radical (unpaired) electrons. The summed E-state index contributed by atoms with van der Waals surface area (Å²) in [5, 5.41) is 29.7. The Morgan fingerprint density at radius 3 is 2.00 bits per heavy atom. The Morgan fingerprint density at radius 2 is 1.56 bits per heavy atom. The van der Waals surface area contributed by atoms with Gasteiger partial charge in [0.25, 0.3) is 0 Å². The predicted octanol–water partition coefficient (Wildman–Crippen LogP) is -1.10. The number of piperidine rings is 1. The van der Waals surface area contributed by atoms with Crippen molar-refractivity contribution in [3.8, 4) is 0 Å². The van der Waals surface area contributed by atoms with Crippen LogP contribution in [0.15, 0.2) is 0 Å². The first kappa shape index (κ1) is 13.2. The van der Waals surface area contributed by atoms with Crippen LogP contribution < -0.4 is 5.32 Å². The summed E-state index contributed by atoms with van der Waals surface area (Å²) >= 11 is 0. The Hall–Kier alpha value is -0.850. The number of rotatable bonds is 4. The largest absolute Gasteiger partial charge is 0.394 e. The van der Waals surface area contributed by atoms with Gasteiger partial charge in [-0.1, -0.05) is 0 Å². The van der Waals surface area contributed by atoms with Crippen molar-refractivity contribution < 1.29 is 20.1 Å². The van der Waals surface area contributed by atoms with Crippen molar-refractivity contribution in [3.05, 3.63) is 0 Å². The maximum Gasteiger partial charge on any atom is 0.318 e. The molecule has 0 aromatic rings. The lowest BCUT2D eigenvalue weighted by molar-refractivity contribution is 0.0441. The number of amides is 2. The van der Waals surface area contributed by atoms with Crippen molar-refractivity contribution in [2.24, 2.45) is 0 Å². The monoisotopic (exact) mass is 232 g/mol. The average molecular weight is 232 g/mol. The third kappa shape index (κ3) is 3.07. The molecular formula is C10H20N2O4. The van der Waals surface area contributed by atoms with Crippen LogP contribution in [0.25, 0.3) is 0 Å².